The molecule has 0 radical (unpaired) electrons. The zero-order chi connectivity index (χ0) is 26.5. The third-order valence-corrected chi connectivity index (χ3v) is 6.61. The minimum Gasteiger partial charge on any atom is -0.420 e. The molecule has 3 heterocycles. The molecule has 2 aromatic rings. The number of alkyl halides is 4. The molecule has 2 aliphatic rings. The van der Waals surface area contributed by atoms with Crippen molar-refractivity contribution in [2.24, 2.45) is 0 Å². The number of aliphatic hydroxyl groups excluding tert-OH is 1. The lowest BCUT2D eigenvalue weighted by atomic mass is 9.78. The van der Waals surface area contributed by atoms with Gasteiger partial charge >= 0.3 is 12.7 Å². The van der Waals surface area contributed by atoms with Crippen molar-refractivity contribution in [2.75, 3.05) is 23.3 Å². The molecule has 0 bridgehead atoms. The molecule has 194 valence electrons. The van der Waals surface area contributed by atoms with Gasteiger partial charge in [0, 0.05) is 35.5 Å². The number of β-amino-alcohol motifs (C(OH)–C–C–N with tert-alkyl or cyclic N) is 1. The summed E-state index contributed by atoms with van der Waals surface area (Å²) in [6, 6.07) is 6.76. The number of aliphatic hydroxyl groups is 1. The van der Waals surface area contributed by atoms with Gasteiger partial charge in [-0.3, -0.25) is 4.79 Å². The Bertz CT molecular complexity index is 1110. The van der Waals surface area contributed by atoms with E-state index < -0.39 is 42.1 Å². The number of ether oxygens (including phenoxy) is 1. The number of benzene rings is 1. The lowest BCUT2D eigenvalue weighted by Gasteiger charge is -2.32. The van der Waals surface area contributed by atoms with E-state index in [1.54, 1.807) is 11.0 Å². The summed E-state index contributed by atoms with van der Waals surface area (Å²) >= 11 is 4.76. The Hall–Kier alpha value is -2.54. The first-order chi connectivity index (χ1) is 16.6. The molecule has 1 amide bonds. The van der Waals surface area contributed by atoms with Crippen LogP contribution in [0, 0.1) is 0 Å². The molecule has 8 nitrogen and oxygen atoms in total. The number of amides is 1. The molecule has 2 saturated heterocycles. The maximum absolute atomic E-state index is 14.1. The van der Waals surface area contributed by atoms with E-state index in [4.69, 9.17) is 20.9 Å². The van der Waals surface area contributed by atoms with E-state index in [2.05, 4.69) is 15.0 Å². The van der Waals surface area contributed by atoms with Crippen molar-refractivity contribution in [1.29, 1.82) is 0 Å². The van der Waals surface area contributed by atoms with Gasteiger partial charge in [-0.25, -0.2) is 9.37 Å². The molecule has 2 unspecified atom stereocenters. The fraction of sp³-hybridized carbons (Fsp3) is 0.478. The predicted octanol–water partition coefficient (Wildman–Crippen LogP) is 3.32. The molecule has 2 aliphatic heterocycles. The van der Waals surface area contributed by atoms with Gasteiger partial charge in [0.25, 0.3) is 5.91 Å². The summed E-state index contributed by atoms with van der Waals surface area (Å²) in [6.07, 6.45) is -1.28. The number of hydrogen-bond acceptors (Lipinski definition) is 7. The second kappa shape index (κ2) is 9.40. The molecule has 13 heteroatoms. The van der Waals surface area contributed by atoms with Gasteiger partial charge in [-0.05, 0) is 58.0 Å². The van der Waals surface area contributed by atoms with Crippen LogP contribution in [0.5, 0.6) is 5.75 Å². The van der Waals surface area contributed by atoms with Gasteiger partial charge in [0.1, 0.15) is 23.8 Å². The summed E-state index contributed by atoms with van der Waals surface area (Å²) in [5.41, 5.74) is -4.32. The predicted molar refractivity (Wildman–Crippen MR) is 129 cm³/mol. The molecule has 1 aromatic heterocycles. The van der Waals surface area contributed by atoms with E-state index in [9.17, 15) is 23.1 Å². The Kier molecular flexibility index (Phi) is 6.93. The molecule has 0 aliphatic carbocycles. The fourth-order valence-corrected chi connectivity index (χ4v) is 3.96. The lowest BCUT2D eigenvalue weighted by molar-refractivity contribution is -0.0964. The zero-order valence-corrected chi connectivity index (χ0v) is 20.9. The summed E-state index contributed by atoms with van der Waals surface area (Å²) in [5.74, 6) is -0.373. The second-order valence-corrected chi connectivity index (χ2v) is 10.2. The van der Waals surface area contributed by atoms with E-state index in [1.807, 2.05) is 27.7 Å². The van der Waals surface area contributed by atoms with Crippen LogP contribution in [-0.2, 0) is 9.31 Å². The number of pyridine rings is 1. The Morgan fingerprint density at radius 2 is 1.83 bits per heavy atom. The molecule has 2 N–H and O–H groups in total. The van der Waals surface area contributed by atoms with Gasteiger partial charge in [0.05, 0.1) is 23.3 Å². The number of carbonyl (C=O) groups is 1. The summed E-state index contributed by atoms with van der Waals surface area (Å²) < 4.78 is 56.2. The van der Waals surface area contributed by atoms with Crippen molar-refractivity contribution < 1.29 is 37.1 Å². The largest absolute Gasteiger partial charge is 0.498 e. The Labute approximate surface area is 211 Å². The molecular formula is C23H26BClF3N3O5. The van der Waals surface area contributed by atoms with Crippen molar-refractivity contribution >= 4 is 41.6 Å². The minimum atomic E-state index is -3.85. The van der Waals surface area contributed by atoms with Crippen LogP contribution < -0.4 is 20.4 Å². The van der Waals surface area contributed by atoms with Gasteiger partial charge in [0.15, 0.2) is 0 Å². The minimum absolute atomic E-state index is 0.0297. The fourth-order valence-electron chi connectivity index (χ4n) is 3.87. The van der Waals surface area contributed by atoms with Crippen LogP contribution in [0.2, 0.25) is 0 Å². The molecule has 4 rings (SSSR count). The van der Waals surface area contributed by atoms with Crippen LogP contribution in [0.15, 0.2) is 36.5 Å². The number of anilines is 2. The van der Waals surface area contributed by atoms with E-state index in [1.165, 1.54) is 30.5 Å². The molecule has 1 aromatic carbocycles. The van der Waals surface area contributed by atoms with Gasteiger partial charge in [-0.15, -0.1) is 8.78 Å². The molecule has 2 fully saturated rings. The first-order valence-corrected chi connectivity index (χ1v) is 11.6. The van der Waals surface area contributed by atoms with Crippen LogP contribution in [0.1, 0.15) is 38.1 Å². The number of rotatable bonds is 6. The number of nitrogens with one attached hydrogen (secondary N) is 1. The van der Waals surface area contributed by atoms with Crippen molar-refractivity contribution in [3.8, 4) is 5.75 Å². The van der Waals surface area contributed by atoms with Crippen molar-refractivity contribution in [3.63, 3.8) is 0 Å². The maximum Gasteiger partial charge on any atom is 0.498 e. The number of nitrogens with zero attached hydrogens (tertiary/aromatic N) is 2. The quantitative estimate of drug-likeness (QED) is 0.440. The monoisotopic (exact) mass is 527 g/mol. The summed E-state index contributed by atoms with van der Waals surface area (Å²) in [7, 11) is -0.894. The lowest BCUT2D eigenvalue weighted by Crippen LogP contribution is -2.41. The zero-order valence-electron chi connectivity index (χ0n) is 20.1. The molecular weight excluding hydrogens is 502 g/mol. The van der Waals surface area contributed by atoms with Crippen LogP contribution in [0.3, 0.4) is 0 Å². The van der Waals surface area contributed by atoms with Crippen molar-refractivity contribution in [3.05, 3.63) is 42.1 Å². The molecule has 0 saturated carbocycles. The highest BCUT2D eigenvalue weighted by Gasteiger charge is 2.53. The van der Waals surface area contributed by atoms with Gasteiger partial charge < -0.3 is 29.4 Å². The van der Waals surface area contributed by atoms with E-state index in [0.29, 0.717) is 17.0 Å². The van der Waals surface area contributed by atoms with Crippen molar-refractivity contribution in [1.82, 2.24) is 4.98 Å². The highest BCUT2D eigenvalue weighted by molar-refractivity contribution is 6.64. The highest BCUT2D eigenvalue weighted by atomic mass is 35.5. The normalized spacial score (nSPS) is 23.1. The molecule has 2 atom stereocenters. The van der Waals surface area contributed by atoms with Gasteiger partial charge in [-0.2, -0.15) is 0 Å². The first kappa shape index (κ1) is 26.5. The topological polar surface area (TPSA) is 93.2 Å². The maximum atomic E-state index is 14.1. The number of halogens is 4. The van der Waals surface area contributed by atoms with Crippen LogP contribution >= 0.6 is 11.6 Å². The standard InChI is InChI=1S/C23H26BClF3N3O5/c1-21(2)22(3,4)36-24(35-21)16-9-13(10-29-19(16)31-11-17(26)18(32)12-31)20(33)30-14-5-7-15(8-6-14)34-23(25,27)28/h5-10,17-18,32H,11-12H2,1-4H3,(H,30,33). The second-order valence-electron chi connectivity index (χ2n) is 9.74. The number of hydrogen-bond donors (Lipinski definition) is 2. The molecule has 36 heavy (non-hydrogen) atoms. The third kappa shape index (κ3) is 5.56. The van der Waals surface area contributed by atoms with E-state index in [-0.39, 0.29) is 24.4 Å². The Morgan fingerprint density at radius 3 is 2.36 bits per heavy atom. The average molecular weight is 528 g/mol. The molecule has 0 spiro atoms. The highest BCUT2D eigenvalue weighted by Crippen LogP contribution is 2.37. The summed E-state index contributed by atoms with van der Waals surface area (Å²) in [4.78, 5) is 18.9. The SMILES string of the molecule is CC1(C)OB(c2cc(C(=O)Nc3ccc(OC(F)(F)Cl)cc3)cnc2N2CC(O)C(F)C2)OC1(C)C. The van der Waals surface area contributed by atoms with Crippen LogP contribution in [-0.4, -0.2) is 65.3 Å². The van der Waals surface area contributed by atoms with E-state index >= 15 is 0 Å². The summed E-state index contributed by atoms with van der Waals surface area (Å²) in [6.45, 7) is 7.47. The summed E-state index contributed by atoms with van der Waals surface area (Å²) in [5, 5.41) is 12.6. The smallest absolute Gasteiger partial charge is 0.420 e. The average Bonchev–Trinajstić information content (AvgIpc) is 3.21. The van der Waals surface area contributed by atoms with Crippen molar-refractivity contribution in [2.45, 2.75) is 56.7 Å². The number of aromatic nitrogens is 1. The van der Waals surface area contributed by atoms with Crippen LogP contribution in [0.4, 0.5) is 24.7 Å². The van der Waals surface area contributed by atoms with E-state index in [0.717, 1.165) is 0 Å². The third-order valence-electron chi connectivity index (χ3n) is 6.53. The van der Waals surface area contributed by atoms with Gasteiger partial charge in [0.2, 0.25) is 0 Å². The number of carbonyl (C=O) groups excluding carboxylic acids is 1. The van der Waals surface area contributed by atoms with Crippen LogP contribution in [0.25, 0.3) is 0 Å². The van der Waals surface area contributed by atoms with Gasteiger partial charge in [-0.1, -0.05) is 0 Å². The Morgan fingerprint density at radius 1 is 1.22 bits per heavy atom. The Balaban J connectivity index is 1.60. The first-order valence-electron chi connectivity index (χ1n) is 11.2.